The average molecular weight is 368 g/mol. The first-order chi connectivity index (χ1) is 10.4. The van der Waals surface area contributed by atoms with Crippen LogP contribution in [0.25, 0.3) is 0 Å². The molecule has 0 fully saturated rings. The van der Waals surface area contributed by atoms with E-state index in [9.17, 15) is 5.11 Å². The summed E-state index contributed by atoms with van der Waals surface area (Å²) in [6.45, 7) is 3.68. The van der Waals surface area contributed by atoms with Gasteiger partial charge in [-0.1, -0.05) is 15.9 Å². The zero-order valence-corrected chi connectivity index (χ0v) is 14.2. The molecule has 0 bridgehead atoms. The summed E-state index contributed by atoms with van der Waals surface area (Å²) in [6, 6.07) is 5.00. The number of methoxy groups -OCH3 is 1. The molecule has 2 rings (SSSR count). The van der Waals surface area contributed by atoms with E-state index in [1.807, 2.05) is 24.4 Å². The Morgan fingerprint density at radius 1 is 1.64 bits per heavy atom. The highest BCUT2D eigenvalue weighted by atomic mass is 79.9. The summed E-state index contributed by atoms with van der Waals surface area (Å²) in [5, 5.41) is 21.9. The molecule has 2 N–H and O–H groups in total. The lowest BCUT2D eigenvalue weighted by Crippen LogP contribution is -2.54. The minimum atomic E-state index is -0.920. The maximum Gasteiger partial charge on any atom is 0.182 e. The largest absolute Gasteiger partial charge is 0.482 e. The zero-order valence-electron chi connectivity index (χ0n) is 12.6. The molecule has 1 aliphatic heterocycles. The quantitative estimate of drug-likeness (QED) is 0.370. The van der Waals surface area contributed by atoms with Crippen LogP contribution in [0.2, 0.25) is 0 Å². The molecular formula is C15H18BrN3O3. The molecule has 7 heteroatoms. The van der Waals surface area contributed by atoms with E-state index >= 15 is 0 Å². The van der Waals surface area contributed by atoms with Crippen LogP contribution >= 0.6 is 15.9 Å². The first-order valence-electron chi connectivity index (χ1n) is 6.76. The molecule has 1 aliphatic rings. The van der Waals surface area contributed by atoms with Crippen LogP contribution in [0.1, 0.15) is 25.5 Å². The monoisotopic (exact) mass is 367 g/mol. The summed E-state index contributed by atoms with van der Waals surface area (Å²) < 4.78 is 12.0. The van der Waals surface area contributed by atoms with E-state index < -0.39 is 17.7 Å². The van der Waals surface area contributed by atoms with Gasteiger partial charge in [-0.05, 0) is 32.0 Å². The fourth-order valence-electron chi connectivity index (χ4n) is 2.52. The molecule has 0 aromatic heterocycles. The van der Waals surface area contributed by atoms with Gasteiger partial charge in [0.25, 0.3) is 0 Å². The van der Waals surface area contributed by atoms with Crippen LogP contribution in [0, 0.1) is 11.5 Å². The number of benzene rings is 1. The van der Waals surface area contributed by atoms with Crippen LogP contribution in [-0.2, 0) is 4.74 Å². The van der Waals surface area contributed by atoms with E-state index in [4.69, 9.17) is 14.7 Å². The number of nitrogens with zero attached hydrogens (tertiary/aromatic N) is 2. The van der Waals surface area contributed by atoms with Gasteiger partial charge in [0.1, 0.15) is 23.7 Å². The van der Waals surface area contributed by atoms with E-state index in [-0.39, 0.29) is 6.61 Å². The van der Waals surface area contributed by atoms with Crippen LogP contribution < -0.4 is 10.1 Å². The van der Waals surface area contributed by atoms with E-state index in [0.29, 0.717) is 11.6 Å². The van der Waals surface area contributed by atoms with Gasteiger partial charge in [0.2, 0.25) is 0 Å². The lowest BCUT2D eigenvalue weighted by Gasteiger charge is -2.42. The van der Waals surface area contributed by atoms with Crippen LogP contribution in [-0.4, -0.2) is 36.4 Å². The number of nitriles is 1. The fourth-order valence-corrected chi connectivity index (χ4v) is 2.90. The minimum absolute atomic E-state index is 0.223. The molecule has 1 aromatic rings. The molecule has 22 heavy (non-hydrogen) atoms. The third kappa shape index (κ3) is 3.24. The lowest BCUT2D eigenvalue weighted by molar-refractivity contribution is -0.104. The van der Waals surface area contributed by atoms with Crippen molar-refractivity contribution >= 4 is 21.8 Å². The van der Waals surface area contributed by atoms with Crippen LogP contribution in [0.15, 0.2) is 27.7 Å². The topological polar surface area (TPSA) is 86.9 Å². The molecule has 0 spiro atoms. The Morgan fingerprint density at radius 2 is 2.36 bits per heavy atom. The summed E-state index contributed by atoms with van der Waals surface area (Å²) in [5.74, 6) is 1.07. The highest BCUT2D eigenvalue weighted by Crippen LogP contribution is 2.43. The Labute approximate surface area is 137 Å². The van der Waals surface area contributed by atoms with E-state index in [1.165, 1.54) is 0 Å². The molecule has 0 saturated heterocycles. The van der Waals surface area contributed by atoms with Gasteiger partial charge in [0.05, 0.1) is 6.61 Å². The van der Waals surface area contributed by atoms with Gasteiger partial charge in [-0.2, -0.15) is 5.26 Å². The van der Waals surface area contributed by atoms with Crippen molar-refractivity contribution in [2.24, 2.45) is 4.99 Å². The maximum absolute atomic E-state index is 10.7. The zero-order chi connectivity index (χ0) is 16.3. The lowest BCUT2D eigenvalue weighted by atomic mass is 9.86. The second kappa shape index (κ2) is 6.65. The maximum atomic E-state index is 10.7. The fraction of sp³-hybridized carbons (Fsp3) is 0.467. The Hall–Kier alpha value is -1.62. The van der Waals surface area contributed by atoms with E-state index in [2.05, 4.69) is 26.2 Å². The van der Waals surface area contributed by atoms with E-state index in [0.717, 1.165) is 10.0 Å². The second-order valence-electron chi connectivity index (χ2n) is 5.37. The number of ether oxygens (including phenoxy) is 2. The van der Waals surface area contributed by atoms with Crippen molar-refractivity contribution in [3.63, 3.8) is 0 Å². The number of aliphatic hydroxyl groups is 1. The van der Waals surface area contributed by atoms with Gasteiger partial charge in [0, 0.05) is 17.1 Å². The van der Waals surface area contributed by atoms with Gasteiger partial charge < -0.3 is 14.6 Å². The summed E-state index contributed by atoms with van der Waals surface area (Å²) in [5.41, 5.74) is -0.161. The molecule has 1 aromatic carbocycles. The van der Waals surface area contributed by atoms with Crippen molar-refractivity contribution in [1.29, 1.82) is 5.26 Å². The average Bonchev–Trinajstić information content (AvgIpc) is 2.45. The predicted octanol–water partition coefficient (Wildman–Crippen LogP) is 2.14. The Kier molecular flexibility index (Phi) is 5.06. The number of amidine groups is 1. The number of halogens is 1. The molecular weight excluding hydrogens is 350 g/mol. The van der Waals surface area contributed by atoms with Gasteiger partial charge in [-0.3, -0.25) is 10.3 Å². The normalized spacial score (nSPS) is 27.5. The number of fused-ring (bicyclic) bond motifs is 1. The van der Waals surface area contributed by atoms with Crippen LogP contribution in [0.3, 0.4) is 0 Å². The van der Waals surface area contributed by atoms with Crippen molar-refractivity contribution < 1.29 is 14.6 Å². The Balaban J connectivity index is 2.51. The van der Waals surface area contributed by atoms with Crippen molar-refractivity contribution in [3.05, 3.63) is 28.2 Å². The molecule has 3 atom stereocenters. The van der Waals surface area contributed by atoms with Crippen LogP contribution in [0.5, 0.6) is 5.75 Å². The van der Waals surface area contributed by atoms with Gasteiger partial charge >= 0.3 is 0 Å². The first-order valence-corrected chi connectivity index (χ1v) is 7.55. The minimum Gasteiger partial charge on any atom is -0.482 e. The van der Waals surface area contributed by atoms with Gasteiger partial charge in [0.15, 0.2) is 11.8 Å². The summed E-state index contributed by atoms with van der Waals surface area (Å²) >= 11 is 3.42. The van der Waals surface area contributed by atoms with Gasteiger partial charge in [-0.25, -0.2) is 0 Å². The highest BCUT2D eigenvalue weighted by molar-refractivity contribution is 9.10. The van der Waals surface area contributed by atoms with E-state index in [1.54, 1.807) is 21.0 Å². The number of aliphatic hydroxyl groups excluding tert-OH is 1. The summed E-state index contributed by atoms with van der Waals surface area (Å²) in [7, 11) is 1.55. The van der Waals surface area contributed by atoms with Crippen LogP contribution in [0.4, 0.5) is 0 Å². The number of rotatable bonds is 3. The number of nitrogens with one attached hydrogen (secondary N) is 1. The highest BCUT2D eigenvalue weighted by Gasteiger charge is 2.46. The van der Waals surface area contributed by atoms with Crippen molar-refractivity contribution in [2.75, 3.05) is 13.7 Å². The number of hydrogen-bond acceptors (Lipinski definition) is 5. The molecule has 1 heterocycles. The van der Waals surface area contributed by atoms with Crippen molar-refractivity contribution in [3.8, 4) is 11.9 Å². The molecule has 0 saturated carbocycles. The molecule has 0 radical (unpaired) electrons. The second-order valence-corrected chi connectivity index (χ2v) is 6.29. The first kappa shape index (κ1) is 16.7. The van der Waals surface area contributed by atoms with Gasteiger partial charge in [-0.15, -0.1) is 0 Å². The molecule has 0 amide bonds. The van der Waals surface area contributed by atoms with Crippen molar-refractivity contribution in [1.82, 2.24) is 5.32 Å². The third-order valence-corrected chi connectivity index (χ3v) is 4.05. The standard InChI is InChI=1S/C15H18BrN3O3/c1-9(18-8-17)19-13-11-6-10(16)4-5-12(11)22-15(2,7-21-3)14(13)20/h4-6,13-14,20H,7H2,1-3H3,(H,18,19)/t13?,14?,15-/m1/s1. The number of aliphatic imine (C=N–C) groups is 1. The summed E-state index contributed by atoms with van der Waals surface area (Å²) in [4.78, 5) is 4.44. The molecule has 2 unspecified atom stereocenters. The number of hydrogen-bond donors (Lipinski definition) is 2. The third-order valence-electron chi connectivity index (χ3n) is 3.56. The molecule has 118 valence electrons. The molecule has 0 aliphatic carbocycles. The van der Waals surface area contributed by atoms with Crippen molar-refractivity contribution in [2.45, 2.75) is 31.6 Å². The Bertz CT molecular complexity index is 629. The SMILES string of the molecule is COC[C@@]1(C)Oc2ccc(Br)cc2C(N=C(C)NC#N)C1O. The predicted molar refractivity (Wildman–Crippen MR) is 85.7 cm³/mol. The molecule has 6 nitrogen and oxygen atoms in total. The summed E-state index contributed by atoms with van der Waals surface area (Å²) in [6.07, 6.45) is 0.913. The Morgan fingerprint density at radius 3 is 3.00 bits per heavy atom. The smallest absolute Gasteiger partial charge is 0.182 e.